The fraction of sp³-hybridized carbons (Fsp3) is 0.111. The van der Waals surface area contributed by atoms with E-state index in [1.807, 2.05) is 0 Å². The lowest BCUT2D eigenvalue weighted by Gasteiger charge is -2.44. The van der Waals surface area contributed by atoms with Crippen molar-refractivity contribution in [3.8, 4) is 0 Å². The predicted molar refractivity (Wildman–Crippen MR) is 127 cm³/mol. The summed E-state index contributed by atoms with van der Waals surface area (Å²) in [6, 6.07) is 0.583. The van der Waals surface area contributed by atoms with Crippen LogP contribution >= 0.6 is 0 Å². The molecule has 0 aliphatic carbocycles. The first kappa shape index (κ1) is 38.9. The maximum absolute atomic E-state index is 15.4. The van der Waals surface area contributed by atoms with Crippen molar-refractivity contribution < 1.29 is 93.5 Å². The van der Waals surface area contributed by atoms with Gasteiger partial charge in [0.2, 0.25) is 0 Å². The van der Waals surface area contributed by atoms with Gasteiger partial charge in [0.05, 0.1) is 6.04 Å². The second-order valence-corrected chi connectivity index (χ2v) is 10.2. The number of quaternary nitrogens is 1. The van der Waals surface area contributed by atoms with E-state index in [9.17, 15) is 52.7 Å². The SMILES string of the molecule is CC(C)[NH3+].Fc1c(F)c(F)c([B-](c2c(F)c(F)c(F)c(F)c2F)(c2c(F)c(F)c(F)c(F)c2F)c2c(F)c(F)c(F)c(F)c2F)c(F)c1F. The molecule has 4 rings (SSSR count). The second kappa shape index (κ2) is 13.4. The summed E-state index contributed by atoms with van der Waals surface area (Å²) in [4.78, 5) is 0. The van der Waals surface area contributed by atoms with E-state index in [-0.39, 0.29) is 0 Å². The van der Waals surface area contributed by atoms with Gasteiger partial charge in [-0.2, -0.15) is 0 Å². The summed E-state index contributed by atoms with van der Waals surface area (Å²) in [7, 11) is 0. The molecule has 3 N–H and O–H groups in total. The molecule has 0 unspecified atom stereocenters. The van der Waals surface area contributed by atoms with E-state index in [4.69, 9.17) is 0 Å². The van der Waals surface area contributed by atoms with Gasteiger partial charge in [0.1, 0.15) is 52.7 Å². The summed E-state index contributed by atoms with van der Waals surface area (Å²) >= 11 is 0. The van der Waals surface area contributed by atoms with Gasteiger partial charge in [0, 0.05) is 0 Å². The van der Waals surface area contributed by atoms with Gasteiger partial charge < -0.3 is 5.73 Å². The summed E-state index contributed by atoms with van der Waals surface area (Å²) in [5.74, 6) is -71.4. The molecule has 4 aromatic carbocycles. The molecule has 1 nitrogen and oxygen atoms in total. The van der Waals surface area contributed by atoms with E-state index in [2.05, 4.69) is 19.6 Å². The predicted octanol–water partition coefficient (Wildman–Crippen LogP) is 5.48. The zero-order valence-electron chi connectivity index (χ0n) is 23.4. The average molecular weight is 739 g/mol. The Balaban J connectivity index is 0.00000154. The van der Waals surface area contributed by atoms with E-state index < -0.39 is 144 Å². The van der Waals surface area contributed by atoms with Crippen LogP contribution < -0.4 is 27.6 Å². The topological polar surface area (TPSA) is 27.6 Å². The van der Waals surface area contributed by atoms with E-state index >= 15 is 35.1 Å². The molecule has 0 saturated heterocycles. The molecule has 0 bridgehead atoms. The minimum atomic E-state index is -7.22. The van der Waals surface area contributed by atoms with Crippen molar-refractivity contribution in [2.24, 2.45) is 0 Å². The van der Waals surface area contributed by atoms with Crippen molar-refractivity contribution >= 4 is 28.0 Å². The third-order valence-corrected chi connectivity index (χ3v) is 6.71. The van der Waals surface area contributed by atoms with Gasteiger partial charge in [-0.15, -0.1) is 21.9 Å². The molecule has 266 valence electrons. The number of halogens is 20. The van der Waals surface area contributed by atoms with Crippen LogP contribution in [0.2, 0.25) is 0 Å². The van der Waals surface area contributed by atoms with Crippen LogP contribution in [-0.2, 0) is 0 Å². The Morgan fingerprint density at radius 2 is 0.347 bits per heavy atom. The molecule has 0 aliphatic rings. The molecule has 0 amide bonds. The Hall–Kier alpha value is -4.50. The highest BCUT2D eigenvalue weighted by Crippen LogP contribution is 2.30. The van der Waals surface area contributed by atoms with Crippen LogP contribution in [0.4, 0.5) is 87.8 Å². The number of benzene rings is 4. The van der Waals surface area contributed by atoms with Crippen LogP contribution in [0.15, 0.2) is 0 Å². The first-order valence-electron chi connectivity index (χ1n) is 12.5. The molecule has 0 radical (unpaired) electrons. The number of hydrogen-bond donors (Lipinski definition) is 1. The van der Waals surface area contributed by atoms with Gasteiger partial charge >= 0.3 is 0 Å². The Kier molecular flexibility index (Phi) is 10.7. The monoisotopic (exact) mass is 739 g/mol. The fourth-order valence-corrected chi connectivity index (χ4v) is 4.87. The van der Waals surface area contributed by atoms with Crippen LogP contribution in [0.3, 0.4) is 0 Å². The Morgan fingerprint density at radius 1 is 0.265 bits per heavy atom. The first-order chi connectivity index (χ1) is 22.4. The molecule has 22 heteroatoms. The molecule has 4 aromatic rings. The normalized spacial score (nSPS) is 11.8. The molecule has 0 heterocycles. The van der Waals surface area contributed by atoms with E-state index in [1.165, 1.54) is 0 Å². The van der Waals surface area contributed by atoms with Crippen LogP contribution in [0.1, 0.15) is 13.8 Å². The van der Waals surface area contributed by atoms with Crippen molar-refractivity contribution in [3.63, 3.8) is 0 Å². The molecule has 0 spiro atoms. The van der Waals surface area contributed by atoms with E-state index in [0.717, 1.165) is 0 Å². The summed E-state index contributed by atoms with van der Waals surface area (Å²) in [5, 5.41) is 0. The molecule has 0 aromatic heterocycles. The highest BCUT2D eigenvalue weighted by atomic mass is 19.2. The zero-order chi connectivity index (χ0) is 37.9. The smallest absolute Gasteiger partial charge is 0.200 e. The maximum atomic E-state index is 15.4. The Bertz CT molecular complexity index is 1630. The third-order valence-electron chi connectivity index (χ3n) is 6.71. The largest absolute Gasteiger partial charge is 0.356 e. The summed E-state index contributed by atoms with van der Waals surface area (Å²) in [6.45, 7) is 4.11. The average Bonchev–Trinajstić information content (AvgIpc) is 3.04. The van der Waals surface area contributed by atoms with E-state index in [1.54, 1.807) is 0 Å². The molecule has 49 heavy (non-hydrogen) atoms. The van der Waals surface area contributed by atoms with Crippen molar-refractivity contribution in [2.75, 3.05) is 0 Å². The number of hydrogen-bond acceptors (Lipinski definition) is 0. The van der Waals surface area contributed by atoms with Crippen LogP contribution in [0.25, 0.3) is 0 Å². The fourth-order valence-electron chi connectivity index (χ4n) is 4.87. The molecular formula is C27H10BF20N. The lowest BCUT2D eigenvalue weighted by molar-refractivity contribution is -0.407. The standard InChI is InChI=1S/C24BF20.C3H9N/c26-5-1(6(27)14(35)21(42)13(5)34)25(2-7(28)15(36)22(43)16(37)8(2)29,3-9(30)17(38)23(44)18(39)10(3)31)4-11(32)19(40)24(45)20(41)12(4)33;1-3(2)4/h;3H,4H2,1-2H3/q-1;/p+1. The number of rotatable bonds is 4. The Labute approximate surface area is 258 Å². The first-order valence-corrected chi connectivity index (χ1v) is 12.5. The van der Waals surface area contributed by atoms with Crippen molar-refractivity contribution in [1.29, 1.82) is 0 Å². The van der Waals surface area contributed by atoms with Crippen molar-refractivity contribution in [3.05, 3.63) is 116 Å². The molecule has 0 aliphatic heterocycles. The maximum Gasteiger partial charge on any atom is 0.200 e. The van der Waals surface area contributed by atoms with Crippen molar-refractivity contribution in [2.45, 2.75) is 19.9 Å². The molecular weight excluding hydrogens is 729 g/mol. The van der Waals surface area contributed by atoms with Gasteiger partial charge in [0.15, 0.2) is 69.8 Å². The highest BCUT2D eigenvalue weighted by molar-refractivity contribution is 7.20. The van der Waals surface area contributed by atoms with E-state index in [0.29, 0.717) is 6.04 Å². The molecule has 0 fully saturated rings. The zero-order valence-corrected chi connectivity index (χ0v) is 23.4. The van der Waals surface area contributed by atoms with Gasteiger partial charge in [-0.05, 0) is 13.8 Å². The quantitative estimate of drug-likeness (QED) is 0.124. The molecule has 0 atom stereocenters. The summed E-state index contributed by atoms with van der Waals surface area (Å²) in [6.07, 6.45) is -7.22. The van der Waals surface area contributed by atoms with Crippen LogP contribution in [0, 0.1) is 116 Å². The second-order valence-electron chi connectivity index (χ2n) is 10.2. The van der Waals surface area contributed by atoms with Gasteiger partial charge in [-0.25, -0.2) is 87.8 Å². The van der Waals surface area contributed by atoms with Crippen LogP contribution in [-0.4, -0.2) is 12.2 Å². The summed E-state index contributed by atoms with van der Waals surface area (Å²) < 4.78 is 294. The van der Waals surface area contributed by atoms with Crippen LogP contribution in [0.5, 0.6) is 0 Å². The third kappa shape index (κ3) is 5.62. The summed E-state index contributed by atoms with van der Waals surface area (Å²) in [5.41, 5.74) is -10.7. The van der Waals surface area contributed by atoms with Gasteiger partial charge in [-0.1, -0.05) is 0 Å². The molecule has 0 saturated carbocycles. The highest BCUT2D eigenvalue weighted by Gasteiger charge is 2.52. The minimum Gasteiger partial charge on any atom is -0.356 e. The lowest BCUT2D eigenvalue weighted by atomic mass is 9.12. The Morgan fingerprint density at radius 3 is 0.449 bits per heavy atom. The minimum absolute atomic E-state index is 0.583. The van der Waals surface area contributed by atoms with Gasteiger partial charge in [0.25, 0.3) is 0 Å². The lowest BCUT2D eigenvalue weighted by Crippen LogP contribution is -2.81. The van der Waals surface area contributed by atoms with Gasteiger partial charge in [-0.3, -0.25) is 0 Å². The van der Waals surface area contributed by atoms with Crippen molar-refractivity contribution in [1.82, 2.24) is 0 Å².